The Balaban J connectivity index is 2.95. The van der Waals surface area contributed by atoms with Crippen molar-refractivity contribution in [2.75, 3.05) is 26.3 Å². The molecule has 0 atom stereocenters. The first kappa shape index (κ1) is 13.9. The SMILES string of the molecule is O=C(c1cc(Cl)ccc1F)N(CCO)CCO. The van der Waals surface area contributed by atoms with Gasteiger partial charge in [0.05, 0.1) is 18.8 Å². The third-order valence-corrected chi connectivity index (χ3v) is 2.42. The van der Waals surface area contributed by atoms with E-state index in [2.05, 4.69) is 0 Å². The summed E-state index contributed by atoms with van der Waals surface area (Å²) in [5, 5.41) is 17.8. The molecule has 1 aromatic carbocycles. The van der Waals surface area contributed by atoms with Crippen LogP contribution in [0.4, 0.5) is 4.39 Å². The van der Waals surface area contributed by atoms with E-state index in [1.54, 1.807) is 0 Å². The Morgan fingerprint density at radius 2 is 1.88 bits per heavy atom. The van der Waals surface area contributed by atoms with Crippen LogP contribution in [-0.2, 0) is 0 Å². The zero-order chi connectivity index (χ0) is 12.8. The highest BCUT2D eigenvalue weighted by Crippen LogP contribution is 2.16. The van der Waals surface area contributed by atoms with Crippen LogP contribution in [0.15, 0.2) is 18.2 Å². The van der Waals surface area contributed by atoms with Crippen molar-refractivity contribution in [3.8, 4) is 0 Å². The van der Waals surface area contributed by atoms with Gasteiger partial charge in [0.15, 0.2) is 0 Å². The molecule has 0 spiro atoms. The maximum absolute atomic E-state index is 13.4. The highest BCUT2D eigenvalue weighted by molar-refractivity contribution is 6.30. The second-order valence-electron chi connectivity index (χ2n) is 3.36. The van der Waals surface area contributed by atoms with E-state index < -0.39 is 11.7 Å². The Hall–Kier alpha value is -1.17. The molecule has 1 rings (SSSR count). The minimum atomic E-state index is -0.680. The summed E-state index contributed by atoms with van der Waals surface area (Å²) >= 11 is 5.68. The summed E-state index contributed by atoms with van der Waals surface area (Å²) in [5.41, 5.74) is -0.167. The van der Waals surface area contributed by atoms with E-state index in [4.69, 9.17) is 21.8 Å². The van der Waals surface area contributed by atoms with Crippen molar-refractivity contribution < 1.29 is 19.4 Å². The molecule has 2 N–H and O–H groups in total. The Labute approximate surface area is 103 Å². The Morgan fingerprint density at radius 1 is 1.29 bits per heavy atom. The van der Waals surface area contributed by atoms with Crippen LogP contribution < -0.4 is 0 Å². The van der Waals surface area contributed by atoms with Gasteiger partial charge in [0.1, 0.15) is 5.82 Å². The molecule has 0 fully saturated rings. The first-order valence-electron chi connectivity index (χ1n) is 5.06. The molecule has 17 heavy (non-hydrogen) atoms. The van der Waals surface area contributed by atoms with E-state index in [0.717, 1.165) is 11.0 Å². The number of hydrogen-bond donors (Lipinski definition) is 2. The van der Waals surface area contributed by atoms with Gasteiger partial charge in [-0.3, -0.25) is 4.79 Å². The monoisotopic (exact) mass is 261 g/mol. The van der Waals surface area contributed by atoms with Gasteiger partial charge in [-0.05, 0) is 18.2 Å². The number of carbonyl (C=O) groups excluding carboxylic acids is 1. The lowest BCUT2D eigenvalue weighted by Crippen LogP contribution is -2.36. The average Bonchev–Trinajstić information content (AvgIpc) is 2.31. The second kappa shape index (κ2) is 6.54. The van der Waals surface area contributed by atoms with E-state index in [0.29, 0.717) is 0 Å². The highest BCUT2D eigenvalue weighted by Gasteiger charge is 2.18. The van der Waals surface area contributed by atoms with E-state index in [1.807, 2.05) is 0 Å². The molecule has 0 heterocycles. The molecule has 0 saturated carbocycles. The van der Waals surface area contributed by atoms with Gasteiger partial charge in [0.2, 0.25) is 0 Å². The zero-order valence-corrected chi connectivity index (χ0v) is 9.82. The fraction of sp³-hybridized carbons (Fsp3) is 0.364. The molecule has 0 radical (unpaired) electrons. The van der Waals surface area contributed by atoms with Gasteiger partial charge < -0.3 is 15.1 Å². The van der Waals surface area contributed by atoms with Crippen LogP contribution in [0.25, 0.3) is 0 Å². The van der Waals surface area contributed by atoms with Gasteiger partial charge in [-0.2, -0.15) is 0 Å². The molecule has 94 valence electrons. The first-order valence-corrected chi connectivity index (χ1v) is 5.44. The number of amides is 1. The average molecular weight is 262 g/mol. The van der Waals surface area contributed by atoms with Crippen LogP contribution in [0.3, 0.4) is 0 Å². The Morgan fingerprint density at radius 3 is 2.41 bits per heavy atom. The first-order chi connectivity index (χ1) is 8.10. The van der Waals surface area contributed by atoms with Crippen molar-refractivity contribution in [1.29, 1.82) is 0 Å². The van der Waals surface area contributed by atoms with Crippen LogP contribution in [-0.4, -0.2) is 47.3 Å². The Bertz CT molecular complexity index is 394. The van der Waals surface area contributed by atoms with Crippen LogP contribution in [0, 0.1) is 5.82 Å². The summed E-state index contributed by atoms with van der Waals surface area (Å²) in [5.74, 6) is -1.28. The molecular formula is C11H13ClFNO3. The lowest BCUT2D eigenvalue weighted by Gasteiger charge is -2.20. The number of rotatable bonds is 5. The molecule has 0 aliphatic rings. The summed E-state index contributed by atoms with van der Waals surface area (Å²) in [6.45, 7) is -0.446. The lowest BCUT2D eigenvalue weighted by atomic mass is 10.2. The Kier molecular flexibility index (Phi) is 5.34. The molecule has 0 unspecified atom stereocenters. The smallest absolute Gasteiger partial charge is 0.257 e. The van der Waals surface area contributed by atoms with Crippen LogP contribution in [0.1, 0.15) is 10.4 Å². The van der Waals surface area contributed by atoms with Crippen molar-refractivity contribution in [3.05, 3.63) is 34.6 Å². The van der Waals surface area contributed by atoms with Crippen molar-refractivity contribution in [1.82, 2.24) is 4.90 Å². The van der Waals surface area contributed by atoms with E-state index in [-0.39, 0.29) is 36.9 Å². The molecule has 6 heteroatoms. The second-order valence-corrected chi connectivity index (χ2v) is 3.80. The largest absolute Gasteiger partial charge is 0.395 e. The predicted molar refractivity (Wildman–Crippen MR) is 61.5 cm³/mol. The minimum absolute atomic E-state index is 0.0331. The maximum atomic E-state index is 13.4. The number of hydrogen-bond acceptors (Lipinski definition) is 3. The molecule has 0 saturated heterocycles. The van der Waals surface area contributed by atoms with Gasteiger partial charge in [0.25, 0.3) is 5.91 Å². The molecule has 0 aromatic heterocycles. The van der Waals surface area contributed by atoms with Crippen molar-refractivity contribution >= 4 is 17.5 Å². The fourth-order valence-corrected chi connectivity index (χ4v) is 1.56. The summed E-state index contributed by atoms with van der Waals surface area (Å²) in [4.78, 5) is 13.1. The molecule has 0 bridgehead atoms. The van der Waals surface area contributed by atoms with Crippen LogP contribution >= 0.6 is 11.6 Å². The number of carbonyl (C=O) groups is 1. The van der Waals surface area contributed by atoms with Gasteiger partial charge in [-0.1, -0.05) is 11.6 Å². The summed E-state index contributed by atoms with van der Waals surface area (Å²) in [7, 11) is 0. The lowest BCUT2D eigenvalue weighted by molar-refractivity contribution is 0.0680. The third kappa shape index (κ3) is 3.66. The zero-order valence-electron chi connectivity index (χ0n) is 9.07. The fourth-order valence-electron chi connectivity index (χ4n) is 1.39. The standard InChI is InChI=1S/C11H13ClFNO3/c12-8-1-2-10(13)9(7-8)11(17)14(3-5-15)4-6-16/h1-2,7,15-16H,3-6H2. The molecular weight excluding hydrogens is 249 g/mol. The molecule has 1 aromatic rings. The van der Waals surface area contributed by atoms with E-state index in [9.17, 15) is 9.18 Å². The molecule has 0 aliphatic heterocycles. The highest BCUT2D eigenvalue weighted by atomic mass is 35.5. The molecule has 4 nitrogen and oxygen atoms in total. The number of aliphatic hydroxyl groups is 2. The normalized spacial score (nSPS) is 10.4. The van der Waals surface area contributed by atoms with E-state index >= 15 is 0 Å². The molecule has 1 amide bonds. The molecule has 0 aliphatic carbocycles. The van der Waals surface area contributed by atoms with Crippen molar-refractivity contribution in [2.45, 2.75) is 0 Å². The summed E-state index contributed by atoms with van der Waals surface area (Å²) < 4.78 is 13.4. The van der Waals surface area contributed by atoms with Gasteiger partial charge >= 0.3 is 0 Å². The van der Waals surface area contributed by atoms with Crippen LogP contribution in [0.2, 0.25) is 5.02 Å². The third-order valence-electron chi connectivity index (χ3n) is 2.19. The quantitative estimate of drug-likeness (QED) is 0.828. The predicted octanol–water partition coefficient (Wildman–Crippen LogP) is 0.906. The van der Waals surface area contributed by atoms with Gasteiger partial charge in [-0.15, -0.1) is 0 Å². The number of halogens is 2. The van der Waals surface area contributed by atoms with Crippen molar-refractivity contribution in [2.24, 2.45) is 0 Å². The van der Waals surface area contributed by atoms with E-state index in [1.165, 1.54) is 12.1 Å². The summed E-state index contributed by atoms with van der Waals surface area (Å²) in [6.07, 6.45) is 0. The number of aliphatic hydroxyl groups excluding tert-OH is 2. The number of nitrogens with zero attached hydrogens (tertiary/aromatic N) is 1. The van der Waals surface area contributed by atoms with Crippen molar-refractivity contribution in [3.63, 3.8) is 0 Å². The van der Waals surface area contributed by atoms with Gasteiger partial charge in [0, 0.05) is 18.1 Å². The maximum Gasteiger partial charge on any atom is 0.257 e. The minimum Gasteiger partial charge on any atom is -0.395 e. The summed E-state index contributed by atoms with van der Waals surface area (Å²) in [6, 6.07) is 3.67. The topological polar surface area (TPSA) is 60.8 Å². The van der Waals surface area contributed by atoms with Crippen LogP contribution in [0.5, 0.6) is 0 Å². The number of benzene rings is 1. The van der Waals surface area contributed by atoms with Gasteiger partial charge in [-0.25, -0.2) is 4.39 Å².